The van der Waals surface area contributed by atoms with Crippen molar-refractivity contribution in [1.29, 1.82) is 0 Å². The van der Waals surface area contributed by atoms with E-state index < -0.39 is 10.0 Å². The molecule has 0 saturated carbocycles. The van der Waals surface area contributed by atoms with Crippen LogP contribution in [0.25, 0.3) is 0 Å². The van der Waals surface area contributed by atoms with Crippen molar-refractivity contribution >= 4 is 28.3 Å². The lowest BCUT2D eigenvalue weighted by atomic mass is 9.77. The quantitative estimate of drug-likeness (QED) is 0.802. The molecule has 0 aromatic heterocycles. The number of rotatable bonds is 3. The molecule has 1 unspecified atom stereocenters. The van der Waals surface area contributed by atoms with Crippen molar-refractivity contribution in [3.8, 4) is 0 Å². The van der Waals surface area contributed by atoms with Crippen LogP contribution in [0.3, 0.4) is 0 Å². The second-order valence-corrected chi connectivity index (χ2v) is 10.2. The molecule has 156 valence electrons. The van der Waals surface area contributed by atoms with Gasteiger partial charge in [0.25, 0.3) is 0 Å². The summed E-state index contributed by atoms with van der Waals surface area (Å²) < 4.78 is 27.3. The number of carbonyl (C=O) groups excluding carboxylic acids is 1. The van der Waals surface area contributed by atoms with E-state index in [-0.39, 0.29) is 24.2 Å². The van der Waals surface area contributed by atoms with Gasteiger partial charge < -0.3 is 10.2 Å². The number of hydrogen-bond donors (Lipinski definition) is 1. The predicted octanol–water partition coefficient (Wildman–Crippen LogP) is 2.11. The molecule has 0 radical (unpaired) electrons. The number of nitrogens with zero attached hydrogens (tertiary/aromatic N) is 2. The number of halogens is 1. The minimum Gasteiger partial charge on any atom is -0.342 e. The lowest BCUT2D eigenvalue weighted by Gasteiger charge is -2.41. The van der Waals surface area contributed by atoms with E-state index in [0.717, 1.165) is 51.9 Å². The van der Waals surface area contributed by atoms with Gasteiger partial charge in [-0.15, -0.1) is 12.4 Å². The van der Waals surface area contributed by atoms with E-state index in [1.807, 2.05) is 11.0 Å². The summed E-state index contributed by atoms with van der Waals surface area (Å²) in [5.74, 6) is -0.0724. The third kappa shape index (κ3) is 4.22. The Morgan fingerprint density at radius 1 is 1.07 bits per heavy atom. The molecule has 1 aromatic carbocycles. The highest BCUT2D eigenvalue weighted by molar-refractivity contribution is 7.89. The van der Waals surface area contributed by atoms with E-state index in [4.69, 9.17) is 0 Å². The Labute approximate surface area is 174 Å². The summed E-state index contributed by atoms with van der Waals surface area (Å²) in [5, 5.41) is 3.45. The van der Waals surface area contributed by atoms with Gasteiger partial charge in [-0.3, -0.25) is 4.79 Å². The molecule has 0 aliphatic carbocycles. The van der Waals surface area contributed by atoms with Gasteiger partial charge >= 0.3 is 0 Å². The van der Waals surface area contributed by atoms with Crippen LogP contribution in [0, 0.1) is 11.3 Å². The average molecular weight is 428 g/mol. The Balaban J connectivity index is 0.00000225. The van der Waals surface area contributed by atoms with E-state index in [2.05, 4.69) is 5.32 Å². The first-order valence-corrected chi connectivity index (χ1v) is 11.5. The maximum absolute atomic E-state index is 13.1. The van der Waals surface area contributed by atoms with Crippen molar-refractivity contribution < 1.29 is 13.2 Å². The first-order chi connectivity index (χ1) is 13.0. The molecular weight excluding hydrogens is 398 g/mol. The molecule has 3 saturated heterocycles. The zero-order chi connectivity index (χ0) is 18.9. The van der Waals surface area contributed by atoms with Crippen molar-refractivity contribution in [2.75, 3.05) is 39.3 Å². The maximum Gasteiger partial charge on any atom is 0.243 e. The van der Waals surface area contributed by atoms with E-state index in [1.54, 1.807) is 24.3 Å². The molecule has 0 bridgehead atoms. The van der Waals surface area contributed by atoms with Crippen LogP contribution in [0.5, 0.6) is 0 Å². The monoisotopic (exact) mass is 427 g/mol. The Morgan fingerprint density at radius 3 is 2.43 bits per heavy atom. The lowest BCUT2D eigenvalue weighted by Crippen LogP contribution is -2.50. The molecule has 1 amide bonds. The summed E-state index contributed by atoms with van der Waals surface area (Å²) in [5.41, 5.74) is 0.381. The molecule has 1 aromatic rings. The van der Waals surface area contributed by atoms with Gasteiger partial charge in [-0.2, -0.15) is 4.31 Å². The molecule has 1 N–H and O–H groups in total. The van der Waals surface area contributed by atoms with Gasteiger partial charge in [0.05, 0.1) is 10.8 Å². The van der Waals surface area contributed by atoms with E-state index >= 15 is 0 Å². The molecule has 4 rings (SSSR count). The summed E-state index contributed by atoms with van der Waals surface area (Å²) >= 11 is 0. The van der Waals surface area contributed by atoms with Gasteiger partial charge in [0.15, 0.2) is 0 Å². The minimum absolute atomic E-state index is 0. The third-order valence-electron chi connectivity index (χ3n) is 6.58. The Kier molecular flexibility index (Phi) is 6.69. The van der Waals surface area contributed by atoms with Crippen LogP contribution in [0.4, 0.5) is 0 Å². The number of sulfonamides is 1. The molecule has 3 heterocycles. The fourth-order valence-corrected chi connectivity index (χ4v) is 6.33. The average Bonchev–Trinajstić information content (AvgIpc) is 3.17. The van der Waals surface area contributed by atoms with Crippen LogP contribution in [0.1, 0.15) is 32.1 Å². The fraction of sp³-hybridized carbons (Fsp3) is 0.650. The highest BCUT2D eigenvalue weighted by Gasteiger charge is 2.40. The van der Waals surface area contributed by atoms with Gasteiger partial charge in [0, 0.05) is 32.7 Å². The van der Waals surface area contributed by atoms with Gasteiger partial charge in [-0.25, -0.2) is 8.42 Å². The summed E-state index contributed by atoms with van der Waals surface area (Å²) in [6.45, 7) is 4.57. The number of carbonyl (C=O) groups is 1. The first-order valence-electron chi connectivity index (χ1n) is 10.0. The number of nitrogens with one attached hydrogen (secondary N) is 1. The molecule has 28 heavy (non-hydrogen) atoms. The smallest absolute Gasteiger partial charge is 0.243 e. The molecule has 8 heteroatoms. The second kappa shape index (κ2) is 8.69. The van der Waals surface area contributed by atoms with Crippen molar-refractivity contribution in [1.82, 2.24) is 14.5 Å². The zero-order valence-electron chi connectivity index (χ0n) is 16.2. The Morgan fingerprint density at radius 2 is 1.79 bits per heavy atom. The van der Waals surface area contributed by atoms with Crippen molar-refractivity contribution in [2.45, 2.75) is 37.0 Å². The van der Waals surface area contributed by atoms with E-state index in [9.17, 15) is 13.2 Å². The van der Waals surface area contributed by atoms with Gasteiger partial charge in [0.2, 0.25) is 15.9 Å². The normalized spacial score (nSPS) is 25.4. The minimum atomic E-state index is -3.52. The number of likely N-dealkylation sites (tertiary alicyclic amines) is 1. The molecule has 1 atom stereocenters. The molecule has 1 spiro atoms. The molecule has 3 fully saturated rings. The van der Waals surface area contributed by atoms with E-state index in [0.29, 0.717) is 23.4 Å². The van der Waals surface area contributed by atoms with Crippen LogP contribution in [-0.4, -0.2) is 62.8 Å². The SMILES string of the molecule is Cl.O=C(C1CCCN(S(=O)(=O)c2ccccc2)C1)N1CCC2(CCNC2)CC1. The van der Waals surface area contributed by atoms with Crippen LogP contribution in [0.2, 0.25) is 0 Å². The first kappa shape index (κ1) is 21.6. The van der Waals surface area contributed by atoms with Crippen molar-refractivity contribution in [2.24, 2.45) is 11.3 Å². The summed E-state index contributed by atoms with van der Waals surface area (Å²) in [6.07, 6.45) is 4.85. The largest absolute Gasteiger partial charge is 0.342 e. The van der Waals surface area contributed by atoms with Gasteiger partial charge in [-0.1, -0.05) is 18.2 Å². The lowest BCUT2D eigenvalue weighted by molar-refractivity contribution is -0.138. The highest BCUT2D eigenvalue weighted by atomic mass is 35.5. The van der Waals surface area contributed by atoms with E-state index in [1.165, 1.54) is 10.7 Å². The van der Waals surface area contributed by atoms with Crippen molar-refractivity contribution in [3.05, 3.63) is 30.3 Å². The molecule has 3 aliphatic heterocycles. The molecule has 6 nitrogen and oxygen atoms in total. The second-order valence-electron chi connectivity index (χ2n) is 8.27. The predicted molar refractivity (Wildman–Crippen MR) is 111 cm³/mol. The van der Waals surface area contributed by atoms with Crippen molar-refractivity contribution in [3.63, 3.8) is 0 Å². The maximum atomic E-state index is 13.1. The topological polar surface area (TPSA) is 69.7 Å². The van der Waals surface area contributed by atoms with Crippen LogP contribution in [0.15, 0.2) is 35.2 Å². The highest BCUT2D eigenvalue weighted by Crippen LogP contribution is 2.37. The van der Waals surface area contributed by atoms with Crippen LogP contribution >= 0.6 is 12.4 Å². The third-order valence-corrected chi connectivity index (χ3v) is 8.46. The number of piperidine rings is 2. The summed E-state index contributed by atoms with van der Waals surface area (Å²) in [7, 11) is -3.52. The van der Waals surface area contributed by atoms with Crippen LogP contribution in [-0.2, 0) is 14.8 Å². The molecule has 3 aliphatic rings. The fourth-order valence-electron chi connectivity index (χ4n) is 4.79. The zero-order valence-corrected chi connectivity index (χ0v) is 17.8. The molecular formula is C20H30ClN3O3S. The number of hydrogen-bond acceptors (Lipinski definition) is 4. The Bertz CT molecular complexity index is 771. The van der Waals surface area contributed by atoms with Gasteiger partial charge in [-0.05, 0) is 56.2 Å². The number of benzene rings is 1. The summed E-state index contributed by atoms with van der Waals surface area (Å²) in [6, 6.07) is 8.54. The summed E-state index contributed by atoms with van der Waals surface area (Å²) in [4.78, 5) is 15.3. The van der Waals surface area contributed by atoms with Crippen LogP contribution < -0.4 is 5.32 Å². The standard InChI is InChI=1S/C20H29N3O3S.ClH/c24-19(22-13-9-20(10-14-22)8-11-21-16-20)17-5-4-12-23(15-17)27(25,26)18-6-2-1-3-7-18;/h1-3,6-7,17,21H,4-5,8-16H2;1H. The van der Waals surface area contributed by atoms with Gasteiger partial charge in [0.1, 0.15) is 0 Å². The number of amides is 1. The Hall–Kier alpha value is -1.15.